The lowest BCUT2D eigenvalue weighted by molar-refractivity contribution is 0.591. The number of anilines is 2. The van der Waals surface area contributed by atoms with Crippen molar-refractivity contribution in [2.45, 2.75) is 25.8 Å². The van der Waals surface area contributed by atoms with Crippen molar-refractivity contribution in [3.8, 4) is 17.8 Å². The van der Waals surface area contributed by atoms with E-state index in [0.29, 0.717) is 38.8 Å². The van der Waals surface area contributed by atoms with Crippen molar-refractivity contribution in [1.29, 1.82) is 10.5 Å². The molecule has 4 rings (SSSR count). The molecule has 0 bridgehead atoms. The van der Waals surface area contributed by atoms with Crippen molar-refractivity contribution in [3.63, 3.8) is 0 Å². The number of nitriles is 2. The van der Waals surface area contributed by atoms with Crippen LogP contribution in [-0.4, -0.2) is 25.6 Å². The van der Waals surface area contributed by atoms with Gasteiger partial charge in [-0.25, -0.2) is 9.97 Å². The van der Waals surface area contributed by atoms with Gasteiger partial charge in [0, 0.05) is 12.0 Å². The van der Waals surface area contributed by atoms with Gasteiger partial charge in [-0.2, -0.15) is 15.5 Å². The van der Waals surface area contributed by atoms with Crippen LogP contribution in [0.1, 0.15) is 36.7 Å². The second-order valence-corrected chi connectivity index (χ2v) is 8.13. The number of fused-ring (bicyclic) bond motifs is 1. The van der Waals surface area contributed by atoms with Crippen molar-refractivity contribution < 1.29 is 0 Å². The van der Waals surface area contributed by atoms with Crippen LogP contribution in [-0.2, 0) is 0 Å². The van der Waals surface area contributed by atoms with Gasteiger partial charge in [-0.1, -0.05) is 24.6 Å². The maximum atomic E-state index is 13.6. The van der Waals surface area contributed by atoms with Gasteiger partial charge < -0.3 is 11.1 Å². The van der Waals surface area contributed by atoms with Gasteiger partial charge >= 0.3 is 0 Å². The van der Waals surface area contributed by atoms with Gasteiger partial charge in [0.05, 0.1) is 39.4 Å². The number of hydrogen-bond acceptors (Lipinski definition) is 8. The third kappa shape index (κ3) is 4.13. The predicted octanol–water partition coefficient (Wildman–Crippen LogP) is 3.76. The molecule has 0 spiro atoms. The molecule has 0 fully saturated rings. The number of hydrogen-bond donors (Lipinski definition) is 2. The van der Waals surface area contributed by atoms with E-state index in [-0.39, 0.29) is 29.0 Å². The van der Waals surface area contributed by atoms with E-state index in [1.54, 1.807) is 42.5 Å². The first kappa shape index (κ1) is 22.7. The van der Waals surface area contributed by atoms with Crippen LogP contribution in [0.15, 0.2) is 53.5 Å². The highest BCUT2D eigenvalue weighted by Crippen LogP contribution is 2.27. The molecule has 9 nitrogen and oxygen atoms in total. The standard InChI is InChI=1S/C24H19ClN8O/c1-13(14(2)30-21-16(11-27)12-29-24(28)32-21)22-31-19-5-3-4-18(25)20(19)23(34)33(22)17-8-6-15(10-26)7-9-17/h3-9,12-14H,1-2H3,(H3,28,29,30,32). The fourth-order valence-corrected chi connectivity index (χ4v) is 3.85. The van der Waals surface area contributed by atoms with Crippen molar-refractivity contribution in [2.75, 3.05) is 11.1 Å². The van der Waals surface area contributed by atoms with Crippen LogP contribution < -0.4 is 16.6 Å². The first-order chi connectivity index (χ1) is 16.3. The normalized spacial score (nSPS) is 12.5. The minimum Gasteiger partial charge on any atom is -0.368 e. The summed E-state index contributed by atoms with van der Waals surface area (Å²) in [5, 5.41) is 22.3. The van der Waals surface area contributed by atoms with Crippen LogP contribution in [0.2, 0.25) is 5.02 Å². The predicted molar refractivity (Wildman–Crippen MR) is 130 cm³/mol. The van der Waals surface area contributed by atoms with E-state index < -0.39 is 0 Å². The highest BCUT2D eigenvalue weighted by Gasteiger charge is 2.24. The van der Waals surface area contributed by atoms with Gasteiger partial charge in [0.2, 0.25) is 5.95 Å². The lowest BCUT2D eigenvalue weighted by atomic mass is 10.0. The molecule has 0 radical (unpaired) electrons. The molecule has 4 aromatic rings. The minimum atomic E-state index is -0.325. The number of benzene rings is 2. The van der Waals surface area contributed by atoms with E-state index in [9.17, 15) is 10.1 Å². The second-order valence-electron chi connectivity index (χ2n) is 7.73. The summed E-state index contributed by atoms with van der Waals surface area (Å²) in [4.78, 5) is 26.4. The molecule has 0 aliphatic rings. The summed E-state index contributed by atoms with van der Waals surface area (Å²) < 4.78 is 1.50. The molecule has 3 N–H and O–H groups in total. The van der Waals surface area contributed by atoms with Gasteiger partial charge in [-0.3, -0.25) is 9.36 Å². The van der Waals surface area contributed by atoms with Crippen LogP contribution in [0.3, 0.4) is 0 Å². The molecule has 2 aromatic heterocycles. The molecule has 34 heavy (non-hydrogen) atoms. The quantitative estimate of drug-likeness (QED) is 0.448. The van der Waals surface area contributed by atoms with Gasteiger partial charge in [0.1, 0.15) is 23.3 Å². The molecule has 0 saturated heterocycles. The SMILES string of the molecule is CC(Nc1nc(N)ncc1C#N)C(C)c1nc2cccc(Cl)c2c(=O)n1-c1ccc(C#N)cc1. The van der Waals surface area contributed by atoms with E-state index in [4.69, 9.17) is 27.6 Å². The second kappa shape index (κ2) is 9.18. The van der Waals surface area contributed by atoms with Crippen LogP contribution in [0, 0.1) is 22.7 Å². The molecule has 10 heteroatoms. The Morgan fingerprint density at radius 2 is 1.82 bits per heavy atom. The van der Waals surface area contributed by atoms with E-state index in [1.807, 2.05) is 19.9 Å². The minimum absolute atomic E-state index is 0.0364. The summed E-state index contributed by atoms with van der Waals surface area (Å²) >= 11 is 6.35. The van der Waals surface area contributed by atoms with Gasteiger partial charge in [0.25, 0.3) is 5.56 Å². The molecule has 0 saturated carbocycles. The first-order valence-corrected chi connectivity index (χ1v) is 10.7. The molecule has 168 valence electrons. The Bertz CT molecular complexity index is 1530. The fraction of sp³-hybridized carbons (Fsp3) is 0.167. The van der Waals surface area contributed by atoms with Crippen LogP contribution >= 0.6 is 11.6 Å². The molecule has 0 aliphatic carbocycles. The Morgan fingerprint density at radius 1 is 1.09 bits per heavy atom. The molecular formula is C24H19ClN8O. The molecule has 2 unspecified atom stereocenters. The Hall–Kier alpha value is -4.47. The molecule has 2 aromatic carbocycles. The van der Waals surface area contributed by atoms with Crippen molar-refractivity contribution in [2.24, 2.45) is 0 Å². The zero-order valence-corrected chi connectivity index (χ0v) is 19.1. The lowest BCUT2D eigenvalue weighted by Gasteiger charge is -2.25. The summed E-state index contributed by atoms with van der Waals surface area (Å²) in [6.07, 6.45) is 1.35. The smallest absolute Gasteiger partial charge is 0.267 e. The zero-order valence-electron chi connectivity index (χ0n) is 18.3. The summed E-state index contributed by atoms with van der Waals surface area (Å²) in [5.74, 6) is 0.485. The summed E-state index contributed by atoms with van der Waals surface area (Å²) in [6, 6.07) is 15.6. The van der Waals surface area contributed by atoms with Crippen molar-refractivity contribution >= 4 is 34.3 Å². The number of nitrogen functional groups attached to an aromatic ring is 1. The van der Waals surface area contributed by atoms with E-state index in [0.717, 1.165) is 0 Å². The number of rotatable bonds is 5. The average molecular weight is 471 g/mol. The number of nitrogens with one attached hydrogen (secondary N) is 1. The van der Waals surface area contributed by atoms with E-state index in [1.165, 1.54) is 10.8 Å². The van der Waals surface area contributed by atoms with Gasteiger partial charge in [-0.15, -0.1) is 0 Å². The molecule has 2 heterocycles. The zero-order chi connectivity index (χ0) is 24.4. The van der Waals surface area contributed by atoms with Crippen LogP contribution in [0.25, 0.3) is 16.6 Å². The monoisotopic (exact) mass is 470 g/mol. The van der Waals surface area contributed by atoms with Crippen molar-refractivity contribution in [1.82, 2.24) is 19.5 Å². The summed E-state index contributed by atoms with van der Waals surface area (Å²) in [5.41, 5.74) is 7.12. The Kier molecular flexibility index (Phi) is 6.13. The van der Waals surface area contributed by atoms with Gasteiger partial charge in [-0.05, 0) is 43.3 Å². The van der Waals surface area contributed by atoms with E-state index >= 15 is 0 Å². The Labute approximate surface area is 200 Å². The average Bonchev–Trinajstić information content (AvgIpc) is 2.83. The molecule has 2 atom stereocenters. The van der Waals surface area contributed by atoms with Crippen LogP contribution in [0.5, 0.6) is 0 Å². The largest absolute Gasteiger partial charge is 0.368 e. The Balaban J connectivity index is 1.87. The number of aromatic nitrogens is 4. The highest BCUT2D eigenvalue weighted by atomic mass is 35.5. The number of halogens is 1. The molecule has 0 amide bonds. The lowest BCUT2D eigenvalue weighted by Crippen LogP contribution is -2.31. The topological polar surface area (TPSA) is 146 Å². The highest BCUT2D eigenvalue weighted by molar-refractivity contribution is 6.35. The van der Waals surface area contributed by atoms with E-state index in [2.05, 4.69) is 21.4 Å². The Morgan fingerprint density at radius 3 is 2.50 bits per heavy atom. The number of nitrogens with two attached hydrogens (primary N) is 1. The number of nitrogens with zero attached hydrogens (tertiary/aromatic N) is 6. The first-order valence-electron chi connectivity index (χ1n) is 10.3. The van der Waals surface area contributed by atoms with Crippen LogP contribution in [0.4, 0.5) is 11.8 Å². The van der Waals surface area contributed by atoms with Gasteiger partial charge in [0.15, 0.2) is 0 Å². The van der Waals surface area contributed by atoms with Crippen molar-refractivity contribution in [3.05, 3.63) is 81.0 Å². The fourth-order valence-electron chi connectivity index (χ4n) is 3.60. The molecular weight excluding hydrogens is 452 g/mol. The molecule has 0 aliphatic heterocycles. The summed E-state index contributed by atoms with van der Waals surface area (Å²) in [6.45, 7) is 3.80. The maximum absolute atomic E-state index is 13.6. The third-order valence-corrected chi connectivity index (χ3v) is 5.89. The maximum Gasteiger partial charge on any atom is 0.267 e. The summed E-state index contributed by atoms with van der Waals surface area (Å²) in [7, 11) is 0. The third-order valence-electron chi connectivity index (χ3n) is 5.58.